The summed E-state index contributed by atoms with van der Waals surface area (Å²) in [5.41, 5.74) is 0.866. The number of hydrogen-bond donors (Lipinski definition) is 1. The second-order valence-corrected chi connectivity index (χ2v) is 12.4. The van der Waals surface area contributed by atoms with Gasteiger partial charge < -0.3 is 24.3 Å². The first-order chi connectivity index (χ1) is 17.0. The highest BCUT2D eigenvalue weighted by atomic mass is 32.2. The highest BCUT2D eigenvalue weighted by Gasteiger charge is 2.48. The minimum atomic E-state index is -5.11. The van der Waals surface area contributed by atoms with E-state index in [4.69, 9.17) is 23.1 Å². The van der Waals surface area contributed by atoms with Crippen LogP contribution in [0.5, 0.6) is 0 Å². The molecule has 2 aliphatic heterocycles. The van der Waals surface area contributed by atoms with E-state index >= 15 is 0 Å². The molecule has 1 N–H and O–H groups in total. The van der Waals surface area contributed by atoms with E-state index in [1.807, 2.05) is 6.92 Å². The Kier molecular flexibility index (Phi) is 10.8. The summed E-state index contributed by atoms with van der Waals surface area (Å²) in [5, 5.41) is 2.06. The van der Waals surface area contributed by atoms with Crippen molar-refractivity contribution in [1.29, 1.82) is 0 Å². The minimum Gasteiger partial charge on any atom is -0.359 e. The van der Waals surface area contributed by atoms with Gasteiger partial charge in [0.25, 0.3) is 10.1 Å². The van der Waals surface area contributed by atoms with Gasteiger partial charge in [-0.2, -0.15) is 21.6 Å². The van der Waals surface area contributed by atoms with Crippen molar-refractivity contribution in [2.45, 2.75) is 53.4 Å². The Labute approximate surface area is 216 Å². The van der Waals surface area contributed by atoms with Crippen LogP contribution in [0.25, 0.3) is 0 Å². The molecule has 204 valence electrons. The molecule has 1 amide bonds. The number of amides is 1. The fraction of sp³-hybridized carbons (Fsp3) is 0.667. The molecule has 1 aromatic carbocycles. The molecule has 2 aliphatic rings. The topological polar surface area (TPSA) is 109 Å². The quantitative estimate of drug-likeness (QED) is 0.313. The zero-order valence-electron chi connectivity index (χ0n) is 19.6. The molecule has 0 saturated carbocycles. The molecule has 0 aromatic heterocycles. The molecule has 2 saturated heterocycles. The van der Waals surface area contributed by atoms with Gasteiger partial charge in [-0.1, -0.05) is 17.7 Å². The van der Waals surface area contributed by atoms with Gasteiger partial charge in [0.2, 0.25) is 0 Å². The van der Waals surface area contributed by atoms with Gasteiger partial charge in [0.1, 0.15) is 31.9 Å². The highest BCUT2D eigenvalue weighted by Crippen LogP contribution is 2.37. The van der Waals surface area contributed by atoms with Crippen LogP contribution in [0.3, 0.4) is 0 Å². The van der Waals surface area contributed by atoms with Crippen LogP contribution in [0.15, 0.2) is 29.2 Å². The molecule has 2 fully saturated rings. The Morgan fingerprint density at radius 2 is 1.86 bits per heavy atom. The Hall–Kier alpha value is -1.07. The number of halogens is 3. The number of alkyl halides is 3. The second kappa shape index (κ2) is 13.1. The van der Waals surface area contributed by atoms with E-state index in [2.05, 4.69) is 5.32 Å². The summed E-state index contributed by atoms with van der Waals surface area (Å²) >= 11 is 2.80. The van der Waals surface area contributed by atoms with Crippen LogP contribution in [0, 0.1) is 6.92 Å². The molecule has 0 aliphatic carbocycles. The van der Waals surface area contributed by atoms with E-state index in [9.17, 15) is 26.4 Å². The van der Waals surface area contributed by atoms with Gasteiger partial charge in [-0.05, 0) is 37.0 Å². The van der Waals surface area contributed by atoms with Crippen LogP contribution in [-0.2, 0) is 38.0 Å². The van der Waals surface area contributed by atoms with Crippen molar-refractivity contribution in [3.05, 3.63) is 29.8 Å². The van der Waals surface area contributed by atoms with Crippen molar-refractivity contribution >= 4 is 39.5 Å². The lowest BCUT2D eigenvalue weighted by molar-refractivity contribution is -0.178. The molecular formula is C21H28F3NO8S3. The van der Waals surface area contributed by atoms with Gasteiger partial charge in [-0.25, -0.2) is 0 Å². The summed E-state index contributed by atoms with van der Waals surface area (Å²) < 4.78 is 91.2. The van der Waals surface area contributed by atoms with Gasteiger partial charge in [0, 0.05) is 7.11 Å². The molecule has 36 heavy (non-hydrogen) atoms. The maximum absolute atomic E-state index is 13.2. The van der Waals surface area contributed by atoms with Crippen molar-refractivity contribution in [2.24, 2.45) is 0 Å². The molecule has 4 atom stereocenters. The number of thioether (sulfide) groups is 2. The normalized spacial score (nSPS) is 23.4. The van der Waals surface area contributed by atoms with Crippen LogP contribution >= 0.6 is 23.5 Å². The van der Waals surface area contributed by atoms with Crippen LogP contribution in [0.1, 0.15) is 12.0 Å². The van der Waals surface area contributed by atoms with Gasteiger partial charge in [-0.15, -0.1) is 23.5 Å². The molecule has 0 spiro atoms. The van der Waals surface area contributed by atoms with E-state index in [1.54, 1.807) is 12.1 Å². The summed E-state index contributed by atoms with van der Waals surface area (Å²) in [7, 11) is -2.80. The van der Waals surface area contributed by atoms with Crippen molar-refractivity contribution in [3.63, 3.8) is 0 Å². The van der Waals surface area contributed by atoms with E-state index in [0.717, 1.165) is 12.0 Å². The first-order valence-electron chi connectivity index (χ1n) is 10.9. The predicted octanol–water partition coefficient (Wildman–Crippen LogP) is 2.67. The molecular weight excluding hydrogens is 547 g/mol. The average molecular weight is 576 g/mol. The zero-order chi connectivity index (χ0) is 26.3. The first-order valence-corrected chi connectivity index (χ1v) is 14.4. The van der Waals surface area contributed by atoms with Crippen molar-refractivity contribution < 1.29 is 49.5 Å². The second-order valence-electron chi connectivity index (χ2n) is 8.00. The van der Waals surface area contributed by atoms with Crippen LogP contribution < -0.4 is 5.32 Å². The van der Waals surface area contributed by atoms with E-state index in [1.165, 1.54) is 42.8 Å². The van der Waals surface area contributed by atoms with Crippen molar-refractivity contribution in [1.82, 2.24) is 5.32 Å². The standard InChI is InChI=1S/C21H28F3NO8S3/c1-13-4-6-14(7-5-13)36(27,28)33-10-15-17(32-12-30-15)18(31-11-29-2)16(19-34-8-3-9-35-19)25-20(26)21(22,23)24/h4-7,15-19H,3,8-12H2,1-2H3,(H,25,26)/t15-,16-,17-,18-/m1/s1. The van der Waals surface area contributed by atoms with Crippen LogP contribution in [-0.4, -0.2) is 88.2 Å². The maximum Gasteiger partial charge on any atom is 0.471 e. The summed E-state index contributed by atoms with van der Waals surface area (Å²) in [6.45, 7) is 0.766. The monoisotopic (exact) mass is 575 g/mol. The van der Waals surface area contributed by atoms with Gasteiger partial charge >= 0.3 is 12.1 Å². The molecule has 1 aromatic rings. The van der Waals surface area contributed by atoms with Gasteiger partial charge in [0.15, 0.2) is 0 Å². The minimum absolute atomic E-state index is 0.0546. The third kappa shape index (κ3) is 7.96. The highest BCUT2D eigenvalue weighted by molar-refractivity contribution is 8.17. The number of aryl methyl sites for hydroxylation is 1. The smallest absolute Gasteiger partial charge is 0.359 e. The van der Waals surface area contributed by atoms with E-state index in [-0.39, 0.29) is 18.5 Å². The van der Waals surface area contributed by atoms with E-state index < -0.39 is 57.7 Å². The Bertz CT molecular complexity index is 958. The Morgan fingerprint density at radius 3 is 2.47 bits per heavy atom. The molecule has 0 radical (unpaired) electrons. The molecule has 9 nitrogen and oxygen atoms in total. The number of nitrogens with one attached hydrogen (secondary N) is 1. The number of carbonyl (C=O) groups excluding carboxylic acids is 1. The predicted molar refractivity (Wildman–Crippen MR) is 127 cm³/mol. The lowest BCUT2D eigenvalue weighted by Gasteiger charge is -2.38. The number of methoxy groups -OCH3 is 1. The third-order valence-electron chi connectivity index (χ3n) is 5.36. The number of rotatable bonds is 11. The average Bonchev–Trinajstić information content (AvgIpc) is 3.31. The van der Waals surface area contributed by atoms with Crippen LogP contribution in [0.4, 0.5) is 13.2 Å². The van der Waals surface area contributed by atoms with Crippen LogP contribution in [0.2, 0.25) is 0 Å². The van der Waals surface area contributed by atoms with Gasteiger partial charge in [-0.3, -0.25) is 8.98 Å². The SMILES string of the molecule is COCO[C@@H]([C@@H]1OCO[C@@H]1COS(=O)(=O)c1ccc(C)cc1)[C@@H](NC(=O)C(F)(F)F)C1SCCCS1. The summed E-state index contributed by atoms with van der Waals surface area (Å²) in [6, 6.07) is 4.90. The Morgan fingerprint density at radius 1 is 1.19 bits per heavy atom. The fourth-order valence-corrected chi connectivity index (χ4v) is 7.60. The number of carbonyl (C=O) groups is 1. The summed E-state index contributed by atoms with van der Waals surface area (Å²) in [6.07, 6.45) is -7.44. The lowest BCUT2D eigenvalue weighted by Crippen LogP contribution is -2.59. The summed E-state index contributed by atoms with van der Waals surface area (Å²) in [5.74, 6) is -0.730. The molecule has 15 heteroatoms. The molecule has 3 rings (SSSR count). The summed E-state index contributed by atoms with van der Waals surface area (Å²) in [4.78, 5) is 11.9. The lowest BCUT2D eigenvalue weighted by atomic mass is 10.0. The number of benzene rings is 1. The number of hydrogen-bond acceptors (Lipinski definition) is 10. The van der Waals surface area contributed by atoms with Crippen molar-refractivity contribution in [3.8, 4) is 0 Å². The first kappa shape index (κ1) is 29.5. The fourth-order valence-electron chi connectivity index (χ4n) is 3.59. The Balaban J connectivity index is 1.81. The van der Waals surface area contributed by atoms with E-state index in [0.29, 0.717) is 11.5 Å². The largest absolute Gasteiger partial charge is 0.471 e. The molecule has 2 heterocycles. The van der Waals surface area contributed by atoms with Gasteiger partial charge in [0.05, 0.1) is 22.1 Å². The van der Waals surface area contributed by atoms with Crippen molar-refractivity contribution in [2.75, 3.05) is 38.8 Å². The number of ether oxygens (including phenoxy) is 4. The molecule has 0 bridgehead atoms. The zero-order valence-corrected chi connectivity index (χ0v) is 22.0. The molecule has 0 unspecified atom stereocenters. The third-order valence-corrected chi connectivity index (χ3v) is 9.77. The maximum atomic E-state index is 13.2.